The summed E-state index contributed by atoms with van der Waals surface area (Å²) in [4.78, 5) is 40.1. The topological polar surface area (TPSA) is 78.5 Å². The minimum Gasteiger partial charge on any atom is -0.352 e. The van der Waals surface area contributed by atoms with Gasteiger partial charge in [0.25, 0.3) is 11.8 Å². The van der Waals surface area contributed by atoms with Crippen LogP contribution in [0, 0.1) is 17.6 Å². The maximum atomic E-state index is 13.5. The van der Waals surface area contributed by atoms with Crippen LogP contribution in [0.2, 0.25) is 0 Å². The normalized spacial score (nSPS) is 16.1. The molecule has 8 heteroatoms. The van der Waals surface area contributed by atoms with E-state index >= 15 is 0 Å². The van der Waals surface area contributed by atoms with Crippen LogP contribution in [0.5, 0.6) is 0 Å². The first-order valence-corrected chi connectivity index (χ1v) is 11.2. The Hall–Kier alpha value is -3.29. The number of halogens is 2. The van der Waals surface area contributed by atoms with Gasteiger partial charge in [0.15, 0.2) is 0 Å². The van der Waals surface area contributed by atoms with E-state index in [0.29, 0.717) is 25.9 Å². The predicted octanol–water partition coefficient (Wildman–Crippen LogP) is 3.53. The molecule has 0 bridgehead atoms. The number of piperidine rings is 1. The molecular weight excluding hydrogens is 428 g/mol. The van der Waals surface area contributed by atoms with Crippen molar-refractivity contribution in [2.24, 2.45) is 5.92 Å². The van der Waals surface area contributed by atoms with Crippen molar-refractivity contribution in [1.29, 1.82) is 0 Å². The van der Waals surface area contributed by atoms with Gasteiger partial charge in [0.1, 0.15) is 17.7 Å². The highest BCUT2D eigenvalue weighted by Crippen LogP contribution is 2.23. The van der Waals surface area contributed by atoms with Crippen molar-refractivity contribution in [2.75, 3.05) is 13.1 Å². The molecule has 2 N–H and O–H groups in total. The summed E-state index contributed by atoms with van der Waals surface area (Å²) in [6.45, 7) is 4.61. The second-order valence-electron chi connectivity index (χ2n) is 8.42. The van der Waals surface area contributed by atoms with Gasteiger partial charge in [-0.3, -0.25) is 14.4 Å². The van der Waals surface area contributed by atoms with Gasteiger partial charge < -0.3 is 15.5 Å². The zero-order chi connectivity index (χ0) is 24.0. The van der Waals surface area contributed by atoms with Gasteiger partial charge in [-0.2, -0.15) is 0 Å². The van der Waals surface area contributed by atoms with Crippen LogP contribution >= 0.6 is 0 Å². The van der Waals surface area contributed by atoms with E-state index in [1.807, 2.05) is 13.8 Å². The molecule has 3 rings (SSSR count). The summed E-state index contributed by atoms with van der Waals surface area (Å²) in [5.74, 6) is -2.11. The third-order valence-electron chi connectivity index (χ3n) is 6.05. The lowest BCUT2D eigenvalue weighted by atomic mass is 9.88. The van der Waals surface area contributed by atoms with Crippen molar-refractivity contribution in [1.82, 2.24) is 15.5 Å². The fourth-order valence-electron chi connectivity index (χ4n) is 3.90. The number of benzene rings is 2. The van der Waals surface area contributed by atoms with Crippen LogP contribution < -0.4 is 10.6 Å². The van der Waals surface area contributed by atoms with Crippen LogP contribution in [0.15, 0.2) is 48.5 Å². The van der Waals surface area contributed by atoms with Crippen LogP contribution in [0.1, 0.15) is 53.8 Å². The van der Waals surface area contributed by atoms with E-state index in [0.717, 1.165) is 6.42 Å². The Kier molecular flexibility index (Phi) is 8.14. The highest BCUT2D eigenvalue weighted by atomic mass is 19.1. The largest absolute Gasteiger partial charge is 0.352 e. The van der Waals surface area contributed by atoms with E-state index in [1.165, 1.54) is 42.5 Å². The van der Waals surface area contributed by atoms with Gasteiger partial charge in [-0.05, 0) is 74.6 Å². The summed E-state index contributed by atoms with van der Waals surface area (Å²) < 4.78 is 26.7. The Labute approximate surface area is 192 Å². The lowest BCUT2D eigenvalue weighted by molar-refractivity contribution is -0.125. The van der Waals surface area contributed by atoms with Crippen LogP contribution in [0.25, 0.3) is 0 Å². The molecule has 2 aromatic carbocycles. The third-order valence-corrected chi connectivity index (χ3v) is 6.05. The van der Waals surface area contributed by atoms with Gasteiger partial charge in [-0.25, -0.2) is 8.78 Å². The van der Waals surface area contributed by atoms with E-state index < -0.39 is 23.6 Å². The van der Waals surface area contributed by atoms with Crippen molar-refractivity contribution in [3.8, 4) is 0 Å². The van der Waals surface area contributed by atoms with Crippen LogP contribution in [-0.2, 0) is 4.79 Å². The molecule has 0 aromatic heterocycles. The lowest BCUT2D eigenvalue weighted by Gasteiger charge is -2.36. The van der Waals surface area contributed by atoms with E-state index in [1.54, 1.807) is 11.0 Å². The number of nitrogens with one attached hydrogen (secondary N) is 2. The van der Waals surface area contributed by atoms with E-state index in [-0.39, 0.29) is 34.9 Å². The van der Waals surface area contributed by atoms with Gasteiger partial charge in [0.05, 0.1) is 0 Å². The number of hydrogen-bond donors (Lipinski definition) is 2. The number of likely N-dealkylation sites (tertiary alicyclic amines) is 1. The van der Waals surface area contributed by atoms with Gasteiger partial charge in [-0.15, -0.1) is 0 Å². The van der Waals surface area contributed by atoms with Gasteiger partial charge in [-0.1, -0.05) is 13.0 Å². The fourth-order valence-corrected chi connectivity index (χ4v) is 3.90. The number of nitrogens with zero attached hydrogens (tertiary/aromatic N) is 1. The van der Waals surface area contributed by atoms with E-state index in [4.69, 9.17) is 0 Å². The third kappa shape index (κ3) is 6.37. The summed E-state index contributed by atoms with van der Waals surface area (Å²) in [7, 11) is 0. The second-order valence-corrected chi connectivity index (χ2v) is 8.42. The molecule has 0 saturated carbocycles. The summed E-state index contributed by atoms with van der Waals surface area (Å²) in [6.07, 6.45) is 1.75. The summed E-state index contributed by atoms with van der Waals surface area (Å²) in [6, 6.07) is 9.84. The Morgan fingerprint density at radius 2 is 1.64 bits per heavy atom. The lowest BCUT2D eigenvalue weighted by Crippen LogP contribution is -2.55. The number of carbonyl (C=O) groups is 3. The Balaban J connectivity index is 1.70. The fraction of sp³-hybridized carbons (Fsp3) is 0.400. The average molecular weight is 458 g/mol. The minimum atomic E-state index is -0.789. The molecule has 1 aliphatic heterocycles. The number of carbonyl (C=O) groups excluding carboxylic acids is 3. The summed E-state index contributed by atoms with van der Waals surface area (Å²) >= 11 is 0. The summed E-state index contributed by atoms with van der Waals surface area (Å²) in [5.41, 5.74) is 0.542. The van der Waals surface area contributed by atoms with Crippen LogP contribution in [0.4, 0.5) is 8.78 Å². The Bertz CT molecular complexity index is 989. The van der Waals surface area contributed by atoms with Crippen molar-refractivity contribution < 1.29 is 23.2 Å². The first-order chi connectivity index (χ1) is 15.8. The van der Waals surface area contributed by atoms with E-state index in [9.17, 15) is 23.2 Å². The molecule has 33 heavy (non-hydrogen) atoms. The van der Waals surface area contributed by atoms with Crippen molar-refractivity contribution in [3.63, 3.8) is 0 Å². The predicted molar refractivity (Wildman–Crippen MR) is 121 cm³/mol. The maximum Gasteiger partial charge on any atom is 0.253 e. The molecule has 0 aliphatic carbocycles. The molecule has 3 amide bonds. The highest BCUT2D eigenvalue weighted by molar-refractivity contribution is 5.97. The highest BCUT2D eigenvalue weighted by Gasteiger charge is 2.34. The Morgan fingerprint density at radius 3 is 2.24 bits per heavy atom. The smallest absolute Gasteiger partial charge is 0.253 e. The van der Waals surface area contributed by atoms with Gasteiger partial charge >= 0.3 is 0 Å². The zero-order valence-corrected chi connectivity index (χ0v) is 18.8. The maximum absolute atomic E-state index is 13.5. The van der Waals surface area contributed by atoms with Gasteiger partial charge in [0.2, 0.25) is 5.91 Å². The standard InChI is InChI=1S/C25H29F2N3O3/c1-3-16(2)28-24(32)22(29-23(31)18-7-9-20(26)10-8-18)17-11-13-30(14-12-17)25(33)19-5-4-6-21(27)15-19/h4-10,15-17,22H,3,11-14H2,1-2H3,(H,28,32)(H,29,31)/t16-,22+/m0/s1. The molecule has 1 saturated heterocycles. The first kappa shape index (κ1) is 24.4. The average Bonchev–Trinajstić information content (AvgIpc) is 2.82. The molecule has 0 spiro atoms. The number of amides is 3. The molecule has 1 heterocycles. The molecule has 0 radical (unpaired) electrons. The van der Waals surface area contributed by atoms with Gasteiger partial charge in [0, 0.05) is 30.3 Å². The molecule has 2 atom stereocenters. The summed E-state index contributed by atoms with van der Waals surface area (Å²) in [5, 5.41) is 5.73. The quantitative estimate of drug-likeness (QED) is 0.668. The number of rotatable bonds is 7. The van der Waals surface area contributed by atoms with Crippen molar-refractivity contribution >= 4 is 17.7 Å². The van der Waals surface area contributed by atoms with Crippen LogP contribution in [-0.4, -0.2) is 47.8 Å². The molecule has 6 nitrogen and oxygen atoms in total. The minimum absolute atomic E-state index is 0.0580. The van der Waals surface area contributed by atoms with Crippen molar-refractivity contribution in [3.05, 3.63) is 71.3 Å². The second kappa shape index (κ2) is 11.0. The SMILES string of the molecule is CC[C@H](C)NC(=O)[C@H](NC(=O)c1ccc(F)cc1)C1CCN(C(=O)c2cccc(F)c2)CC1. The zero-order valence-electron chi connectivity index (χ0n) is 18.8. The van der Waals surface area contributed by atoms with Crippen LogP contribution in [0.3, 0.4) is 0 Å². The Morgan fingerprint density at radius 1 is 0.970 bits per heavy atom. The van der Waals surface area contributed by atoms with Crippen molar-refractivity contribution in [2.45, 2.75) is 45.2 Å². The molecule has 1 aliphatic rings. The molecule has 0 unspecified atom stereocenters. The molecule has 2 aromatic rings. The molecule has 176 valence electrons. The number of hydrogen-bond acceptors (Lipinski definition) is 3. The monoisotopic (exact) mass is 457 g/mol. The first-order valence-electron chi connectivity index (χ1n) is 11.2. The molecular formula is C25H29F2N3O3. The van der Waals surface area contributed by atoms with E-state index in [2.05, 4.69) is 10.6 Å². The molecule has 1 fully saturated rings.